The highest BCUT2D eigenvalue weighted by Gasteiger charge is 2.18. The van der Waals surface area contributed by atoms with Crippen LogP contribution in [0.3, 0.4) is 0 Å². The monoisotopic (exact) mass is 367 g/mol. The zero-order valence-corrected chi connectivity index (χ0v) is 16.8. The molecule has 0 unspecified atom stereocenters. The summed E-state index contributed by atoms with van der Waals surface area (Å²) in [6.07, 6.45) is 8.95. The van der Waals surface area contributed by atoms with Crippen molar-refractivity contribution in [2.24, 2.45) is 5.92 Å². The second-order valence-corrected chi connectivity index (χ2v) is 7.84. The van der Waals surface area contributed by atoms with Gasteiger partial charge < -0.3 is 10.6 Å². The van der Waals surface area contributed by atoms with Crippen molar-refractivity contribution >= 4 is 22.5 Å². The van der Waals surface area contributed by atoms with Crippen LogP contribution >= 0.6 is 0 Å². The summed E-state index contributed by atoms with van der Waals surface area (Å²) in [6, 6.07) is 8.35. The normalized spacial score (nSPS) is 15.2. The number of nitrogens with zero attached hydrogens (tertiary/aromatic N) is 1. The van der Waals surface area contributed by atoms with Crippen LogP contribution in [0.25, 0.3) is 10.9 Å². The smallest absolute Gasteiger partial charge is 0.224 e. The summed E-state index contributed by atoms with van der Waals surface area (Å²) in [4.78, 5) is 17.4. The lowest BCUT2D eigenvalue weighted by molar-refractivity contribution is -0.117. The number of amides is 1. The first kappa shape index (κ1) is 19.8. The van der Waals surface area contributed by atoms with Gasteiger partial charge in [-0.25, -0.2) is 0 Å². The first-order valence-corrected chi connectivity index (χ1v) is 10.6. The number of hydrogen-bond acceptors (Lipinski definition) is 3. The highest BCUT2D eigenvalue weighted by atomic mass is 16.1. The SMILES string of the molecule is CCNCCCc1ccc2c(NC(=O)CC3CCCCC3)c(C)ccc2n1. The van der Waals surface area contributed by atoms with Gasteiger partial charge in [-0.15, -0.1) is 0 Å². The van der Waals surface area contributed by atoms with E-state index in [1.165, 1.54) is 32.1 Å². The summed E-state index contributed by atoms with van der Waals surface area (Å²) in [5.74, 6) is 0.697. The zero-order chi connectivity index (χ0) is 19.1. The van der Waals surface area contributed by atoms with Gasteiger partial charge >= 0.3 is 0 Å². The average molecular weight is 368 g/mol. The first-order chi connectivity index (χ1) is 13.2. The molecule has 1 aliphatic carbocycles. The Morgan fingerprint density at radius 2 is 1.96 bits per heavy atom. The number of hydrogen-bond donors (Lipinski definition) is 2. The van der Waals surface area contributed by atoms with Crippen molar-refractivity contribution in [1.29, 1.82) is 0 Å². The molecule has 3 rings (SSSR count). The number of carbonyl (C=O) groups excluding carboxylic acids is 1. The molecule has 1 fully saturated rings. The molecule has 0 saturated heterocycles. The Bertz CT molecular complexity index is 766. The number of pyridine rings is 1. The Hall–Kier alpha value is -1.94. The van der Waals surface area contributed by atoms with Crippen LogP contribution in [0.5, 0.6) is 0 Å². The minimum atomic E-state index is 0.146. The fourth-order valence-corrected chi connectivity index (χ4v) is 4.08. The summed E-state index contributed by atoms with van der Waals surface area (Å²) in [6.45, 7) is 6.21. The summed E-state index contributed by atoms with van der Waals surface area (Å²) in [7, 11) is 0. The molecule has 0 radical (unpaired) electrons. The average Bonchev–Trinajstić information content (AvgIpc) is 2.68. The quantitative estimate of drug-likeness (QED) is 0.646. The van der Waals surface area contributed by atoms with E-state index in [1.807, 2.05) is 0 Å². The van der Waals surface area contributed by atoms with Gasteiger partial charge in [-0.2, -0.15) is 0 Å². The molecule has 1 heterocycles. The molecule has 1 aromatic heterocycles. The van der Waals surface area contributed by atoms with E-state index >= 15 is 0 Å². The molecule has 0 spiro atoms. The van der Waals surface area contributed by atoms with Gasteiger partial charge in [-0.1, -0.05) is 32.3 Å². The highest BCUT2D eigenvalue weighted by molar-refractivity contribution is 6.02. The molecule has 2 aromatic rings. The molecule has 1 aliphatic rings. The third kappa shape index (κ3) is 5.52. The van der Waals surface area contributed by atoms with Crippen LogP contribution in [0, 0.1) is 12.8 Å². The minimum Gasteiger partial charge on any atom is -0.325 e. The minimum absolute atomic E-state index is 0.146. The number of aromatic nitrogens is 1. The van der Waals surface area contributed by atoms with Gasteiger partial charge in [0.05, 0.1) is 11.2 Å². The van der Waals surface area contributed by atoms with Crippen molar-refractivity contribution < 1.29 is 4.79 Å². The van der Waals surface area contributed by atoms with Gasteiger partial charge in [-0.05, 0) is 75.4 Å². The van der Waals surface area contributed by atoms with E-state index < -0.39 is 0 Å². The van der Waals surface area contributed by atoms with Crippen molar-refractivity contribution in [3.8, 4) is 0 Å². The van der Waals surface area contributed by atoms with Crippen LogP contribution in [0.4, 0.5) is 5.69 Å². The number of benzene rings is 1. The molecule has 27 heavy (non-hydrogen) atoms. The molecule has 0 atom stereocenters. The largest absolute Gasteiger partial charge is 0.325 e. The molecule has 2 N–H and O–H groups in total. The van der Waals surface area contributed by atoms with Crippen LogP contribution in [0.2, 0.25) is 0 Å². The van der Waals surface area contributed by atoms with Crippen molar-refractivity contribution in [3.63, 3.8) is 0 Å². The van der Waals surface area contributed by atoms with E-state index in [0.29, 0.717) is 12.3 Å². The van der Waals surface area contributed by atoms with Crippen molar-refractivity contribution in [2.45, 2.75) is 65.2 Å². The van der Waals surface area contributed by atoms with Crippen molar-refractivity contribution in [1.82, 2.24) is 10.3 Å². The number of fused-ring (bicyclic) bond motifs is 1. The lowest BCUT2D eigenvalue weighted by Gasteiger charge is -2.21. The molecule has 1 saturated carbocycles. The molecule has 0 aliphatic heterocycles. The molecule has 1 aromatic carbocycles. The van der Waals surface area contributed by atoms with Crippen molar-refractivity contribution in [3.05, 3.63) is 35.5 Å². The third-order valence-electron chi connectivity index (χ3n) is 5.64. The molecule has 146 valence electrons. The summed E-state index contributed by atoms with van der Waals surface area (Å²) < 4.78 is 0. The molecule has 4 heteroatoms. The Kier molecular flexibility index (Phi) is 7.22. The second-order valence-electron chi connectivity index (χ2n) is 7.84. The highest BCUT2D eigenvalue weighted by Crippen LogP contribution is 2.29. The lowest BCUT2D eigenvalue weighted by Crippen LogP contribution is -2.19. The number of rotatable bonds is 8. The van der Waals surface area contributed by atoms with Gasteiger partial charge in [-0.3, -0.25) is 9.78 Å². The molecule has 1 amide bonds. The number of aryl methyl sites for hydroxylation is 2. The standard InChI is InChI=1S/C23H33N3O/c1-3-24-15-7-10-19-12-13-20-21(25-19)14-11-17(2)23(20)26-22(27)16-18-8-5-4-6-9-18/h11-14,18,24H,3-10,15-16H2,1-2H3,(H,26,27). The number of nitrogens with one attached hydrogen (secondary N) is 2. The van der Waals surface area contributed by atoms with Crippen LogP contribution in [0.1, 0.15) is 63.1 Å². The van der Waals surface area contributed by atoms with Gasteiger partial charge in [0, 0.05) is 17.5 Å². The van der Waals surface area contributed by atoms with E-state index in [1.54, 1.807) is 0 Å². The maximum absolute atomic E-state index is 12.6. The first-order valence-electron chi connectivity index (χ1n) is 10.6. The topological polar surface area (TPSA) is 54.0 Å². The summed E-state index contributed by atoms with van der Waals surface area (Å²) in [5, 5.41) is 7.59. The van der Waals surface area contributed by atoms with Crippen LogP contribution in [0.15, 0.2) is 24.3 Å². The molecular weight excluding hydrogens is 334 g/mol. The van der Waals surface area contributed by atoms with Crippen LogP contribution in [-0.4, -0.2) is 24.0 Å². The van der Waals surface area contributed by atoms with Crippen LogP contribution in [-0.2, 0) is 11.2 Å². The third-order valence-corrected chi connectivity index (χ3v) is 5.64. The van der Waals surface area contributed by atoms with Crippen LogP contribution < -0.4 is 10.6 Å². The second kappa shape index (κ2) is 9.84. The lowest BCUT2D eigenvalue weighted by atomic mass is 9.87. The molecule has 0 bridgehead atoms. The maximum Gasteiger partial charge on any atom is 0.224 e. The predicted molar refractivity (Wildman–Crippen MR) is 113 cm³/mol. The maximum atomic E-state index is 12.6. The van der Waals surface area contributed by atoms with E-state index in [4.69, 9.17) is 4.98 Å². The van der Waals surface area contributed by atoms with Gasteiger partial charge in [0.15, 0.2) is 0 Å². The van der Waals surface area contributed by atoms with E-state index in [9.17, 15) is 4.79 Å². The fraction of sp³-hybridized carbons (Fsp3) is 0.565. The Morgan fingerprint density at radius 1 is 1.15 bits per heavy atom. The van der Waals surface area contributed by atoms with Gasteiger partial charge in [0.25, 0.3) is 0 Å². The number of carbonyl (C=O) groups is 1. The Morgan fingerprint density at radius 3 is 2.74 bits per heavy atom. The molecular formula is C23H33N3O. The van der Waals surface area contributed by atoms with Crippen molar-refractivity contribution in [2.75, 3.05) is 18.4 Å². The van der Waals surface area contributed by atoms with E-state index in [-0.39, 0.29) is 5.91 Å². The predicted octanol–water partition coefficient (Wildman–Crippen LogP) is 4.99. The number of anilines is 1. The van der Waals surface area contributed by atoms with Gasteiger partial charge in [0.2, 0.25) is 5.91 Å². The molecule has 4 nitrogen and oxygen atoms in total. The van der Waals surface area contributed by atoms with Gasteiger partial charge in [0.1, 0.15) is 0 Å². The zero-order valence-electron chi connectivity index (χ0n) is 16.8. The Labute approximate surface area is 163 Å². The summed E-state index contributed by atoms with van der Waals surface area (Å²) in [5.41, 5.74) is 4.11. The van der Waals surface area contributed by atoms with E-state index in [0.717, 1.165) is 53.8 Å². The Balaban J connectivity index is 1.70. The van der Waals surface area contributed by atoms with E-state index in [2.05, 4.69) is 48.7 Å². The summed E-state index contributed by atoms with van der Waals surface area (Å²) >= 11 is 0. The fourth-order valence-electron chi connectivity index (χ4n) is 4.08.